The van der Waals surface area contributed by atoms with Crippen molar-refractivity contribution in [3.63, 3.8) is 0 Å². The largest absolute Gasteiger partial charge is 0.307 e. The van der Waals surface area contributed by atoms with Gasteiger partial charge >= 0.3 is 0 Å². The van der Waals surface area contributed by atoms with Gasteiger partial charge in [-0.25, -0.2) is 0 Å². The molecule has 0 saturated heterocycles. The number of thiophene rings is 2. The van der Waals surface area contributed by atoms with E-state index in [4.69, 9.17) is 0 Å². The Kier molecular flexibility index (Phi) is 3.75. The molecule has 0 aliphatic carbocycles. The Balaban J connectivity index is 1.81. The van der Waals surface area contributed by atoms with Crippen molar-refractivity contribution in [3.05, 3.63) is 43.2 Å². The Morgan fingerprint density at radius 3 is 2.71 bits per heavy atom. The first-order valence-corrected chi connectivity index (χ1v) is 6.86. The lowest BCUT2D eigenvalue weighted by atomic mass is 10.4. The second-order valence-electron chi connectivity index (χ2n) is 2.87. The van der Waals surface area contributed by atoms with Crippen LogP contribution in [0.25, 0.3) is 0 Å². The highest BCUT2D eigenvalue weighted by Crippen LogP contribution is 2.22. The summed E-state index contributed by atoms with van der Waals surface area (Å²) in [7, 11) is 0. The molecule has 2 heterocycles. The van der Waals surface area contributed by atoms with Crippen molar-refractivity contribution in [2.24, 2.45) is 0 Å². The molecule has 0 aliphatic heterocycles. The van der Waals surface area contributed by atoms with Crippen molar-refractivity contribution in [1.82, 2.24) is 5.32 Å². The summed E-state index contributed by atoms with van der Waals surface area (Å²) in [4.78, 5) is 2.75. The summed E-state index contributed by atoms with van der Waals surface area (Å²) in [5.41, 5.74) is 0. The minimum Gasteiger partial charge on any atom is -0.307 e. The van der Waals surface area contributed by atoms with Crippen LogP contribution < -0.4 is 5.32 Å². The zero-order chi connectivity index (χ0) is 9.80. The molecule has 0 radical (unpaired) electrons. The Morgan fingerprint density at radius 1 is 1.14 bits per heavy atom. The van der Waals surface area contributed by atoms with Crippen molar-refractivity contribution in [2.75, 3.05) is 0 Å². The predicted octanol–water partition coefficient (Wildman–Crippen LogP) is 3.86. The van der Waals surface area contributed by atoms with Crippen LogP contribution in [0.1, 0.15) is 9.75 Å². The lowest BCUT2D eigenvalue weighted by molar-refractivity contribution is 0.707. The molecule has 0 aliphatic rings. The first-order valence-electron chi connectivity index (χ1n) is 4.31. The molecule has 4 heteroatoms. The van der Waals surface area contributed by atoms with Gasteiger partial charge in [0.1, 0.15) is 0 Å². The Hall–Kier alpha value is -0.160. The van der Waals surface area contributed by atoms with Gasteiger partial charge in [-0.05, 0) is 38.8 Å². The van der Waals surface area contributed by atoms with Crippen molar-refractivity contribution in [1.29, 1.82) is 0 Å². The molecule has 0 atom stereocenters. The summed E-state index contributed by atoms with van der Waals surface area (Å²) in [6.07, 6.45) is 0. The van der Waals surface area contributed by atoms with Crippen LogP contribution in [0.2, 0.25) is 0 Å². The number of rotatable bonds is 4. The lowest BCUT2D eigenvalue weighted by Gasteiger charge is -2.01. The van der Waals surface area contributed by atoms with Gasteiger partial charge in [0.05, 0.1) is 0 Å². The zero-order valence-corrected chi connectivity index (χ0v) is 10.7. The minimum absolute atomic E-state index is 0.941. The van der Waals surface area contributed by atoms with Crippen LogP contribution in [0.5, 0.6) is 0 Å². The first-order chi connectivity index (χ1) is 6.86. The van der Waals surface area contributed by atoms with Crippen LogP contribution in [0.4, 0.5) is 0 Å². The molecular weight excluding hydrogens is 278 g/mol. The number of halogens is 1. The Labute approximate surface area is 99.9 Å². The van der Waals surface area contributed by atoms with Gasteiger partial charge in [-0.3, -0.25) is 0 Å². The maximum atomic E-state index is 3.52. The third kappa shape index (κ3) is 2.67. The Morgan fingerprint density at radius 2 is 2.07 bits per heavy atom. The summed E-state index contributed by atoms with van der Waals surface area (Å²) in [6.45, 7) is 1.90. The molecule has 0 aromatic carbocycles. The van der Waals surface area contributed by atoms with Crippen LogP contribution >= 0.6 is 38.6 Å². The third-order valence-corrected chi connectivity index (χ3v) is 4.66. The van der Waals surface area contributed by atoms with E-state index in [2.05, 4.69) is 50.2 Å². The highest BCUT2D eigenvalue weighted by molar-refractivity contribution is 9.10. The van der Waals surface area contributed by atoms with Crippen LogP contribution in [-0.4, -0.2) is 0 Å². The van der Waals surface area contributed by atoms with E-state index in [0.29, 0.717) is 0 Å². The van der Waals surface area contributed by atoms with Crippen LogP contribution in [0, 0.1) is 0 Å². The maximum absolute atomic E-state index is 3.52. The van der Waals surface area contributed by atoms with Crippen molar-refractivity contribution < 1.29 is 0 Å². The Bertz CT molecular complexity index is 380. The molecule has 1 N–H and O–H groups in total. The normalized spacial score (nSPS) is 10.6. The minimum atomic E-state index is 0.941. The van der Waals surface area contributed by atoms with E-state index in [1.54, 1.807) is 22.7 Å². The van der Waals surface area contributed by atoms with E-state index < -0.39 is 0 Å². The maximum Gasteiger partial charge on any atom is 0.0327 e. The van der Waals surface area contributed by atoms with Gasteiger partial charge in [0.25, 0.3) is 0 Å². The summed E-state index contributed by atoms with van der Waals surface area (Å²) < 4.78 is 1.21. The van der Waals surface area contributed by atoms with Crippen molar-refractivity contribution in [3.8, 4) is 0 Å². The average molecular weight is 288 g/mol. The van der Waals surface area contributed by atoms with Crippen LogP contribution in [0.3, 0.4) is 0 Å². The SMILES string of the molecule is Brc1ccsc1CNCc1cccs1. The van der Waals surface area contributed by atoms with Gasteiger partial charge in [-0.15, -0.1) is 22.7 Å². The molecule has 0 fully saturated rings. The molecule has 1 nitrogen and oxygen atoms in total. The van der Waals surface area contributed by atoms with Gasteiger partial charge in [0, 0.05) is 27.3 Å². The lowest BCUT2D eigenvalue weighted by Crippen LogP contribution is -2.10. The molecule has 0 bridgehead atoms. The van der Waals surface area contributed by atoms with E-state index >= 15 is 0 Å². The topological polar surface area (TPSA) is 12.0 Å². The first kappa shape index (κ1) is 10.4. The van der Waals surface area contributed by atoms with Crippen LogP contribution in [0.15, 0.2) is 33.4 Å². The fourth-order valence-electron chi connectivity index (χ4n) is 1.16. The van der Waals surface area contributed by atoms with E-state index in [1.807, 2.05) is 0 Å². The summed E-state index contributed by atoms with van der Waals surface area (Å²) in [5.74, 6) is 0. The molecule has 74 valence electrons. The smallest absolute Gasteiger partial charge is 0.0327 e. The van der Waals surface area contributed by atoms with Crippen molar-refractivity contribution >= 4 is 38.6 Å². The fraction of sp³-hybridized carbons (Fsp3) is 0.200. The van der Waals surface area contributed by atoms with E-state index in [9.17, 15) is 0 Å². The highest BCUT2D eigenvalue weighted by Gasteiger charge is 2.00. The molecular formula is C10H10BrNS2. The molecule has 2 aromatic rings. The second kappa shape index (κ2) is 5.07. The fourth-order valence-corrected chi connectivity index (χ4v) is 3.30. The molecule has 0 unspecified atom stereocenters. The van der Waals surface area contributed by atoms with E-state index in [1.165, 1.54) is 14.2 Å². The van der Waals surface area contributed by atoms with Crippen molar-refractivity contribution in [2.45, 2.75) is 13.1 Å². The van der Waals surface area contributed by atoms with Gasteiger partial charge in [-0.2, -0.15) is 0 Å². The molecule has 0 saturated carbocycles. The molecule has 14 heavy (non-hydrogen) atoms. The van der Waals surface area contributed by atoms with E-state index in [-0.39, 0.29) is 0 Å². The van der Waals surface area contributed by atoms with Gasteiger partial charge in [-0.1, -0.05) is 6.07 Å². The summed E-state index contributed by atoms with van der Waals surface area (Å²) >= 11 is 7.09. The van der Waals surface area contributed by atoms with Crippen LogP contribution in [-0.2, 0) is 13.1 Å². The van der Waals surface area contributed by atoms with Gasteiger partial charge in [0.2, 0.25) is 0 Å². The summed E-state index contributed by atoms with van der Waals surface area (Å²) in [6, 6.07) is 6.33. The summed E-state index contributed by atoms with van der Waals surface area (Å²) in [5, 5.41) is 7.63. The molecule has 0 spiro atoms. The molecule has 2 aromatic heterocycles. The zero-order valence-electron chi connectivity index (χ0n) is 7.50. The third-order valence-electron chi connectivity index (χ3n) is 1.86. The number of nitrogens with one attached hydrogen (secondary N) is 1. The number of hydrogen-bond acceptors (Lipinski definition) is 3. The highest BCUT2D eigenvalue weighted by atomic mass is 79.9. The molecule has 0 amide bonds. The van der Waals surface area contributed by atoms with Gasteiger partial charge < -0.3 is 5.32 Å². The number of hydrogen-bond donors (Lipinski definition) is 1. The van der Waals surface area contributed by atoms with Gasteiger partial charge in [0.15, 0.2) is 0 Å². The average Bonchev–Trinajstić information content (AvgIpc) is 2.78. The second-order valence-corrected chi connectivity index (χ2v) is 5.76. The predicted molar refractivity (Wildman–Crippen MR) is 66.9 cm³/mol. The standard InChI is InChI=1S/C10H10BrNS2/c11-9-3-5-14-10(9)7-12-6-8-2-1-4-13-8/h1-5,12H,6-7H2. The quantitative estimate of drug-likeness (QED) is 0.900. The molecule has 2 rings (SSSR count). The van der Waals surface area contributed by atoms with E-state index in [0.717, 1.165) is 13.1 Å². The monoisotopic (exact) mass is 287 g/mol.